The van der Waals surface area contributed by atoms with Crippen LogP contribution in [-0.2, 0) is 0 Å². The zero-order chi connectivity index (χ0) is 14.0. The molecule has 0 aromatic carbocycles. The maximum atomic E-state index is 6.09. The van der Waals surface area contributed by atoms with E-state index in [1.54, 1.807) is 7.11 Å². The molecule has 20 heavy (non-hydrogen) atoms. The summed E-state index contributed by atoms with van der Waals surface area (Å²) in [6.07, 6.45) is 11.1. The molecular weight excluding hydrogens is 274 g/mol. The van der Waals surface area contributed by atoms with Gasteiger partial charge in [-0.3, -0.25) is 0 Å². The molecule has 0 N–H and O–H groups in total. The van der Waals surface area contributed by atoms with E-state index in [-0.39, 0.29) is 0 Å². The summed E-state index contributed by atoms with van der Waals surface area (Å²) >= 11 is 6.09. The number of anilines is 1. The minimum Gasteiger partial charge on any atom is -0.490 e. The topological polar surface area (TPSA) is 38.3 Å². The minimum absolute atomic E-state index is 0.399. The van der Waals surface area contributed by atoms with Crippen molar-refractivity contribution in [2.45, 2.75) is 44.9 Å². The van der Waals surface area contributed by atoms with Gasteiger partial charge in [0, 0.05) is 13.1 Å². The minimum atomic E-state index is 0.399. The first kappa shape index (κ1) is 13.9. The van der Waals surface area contributed by atoms with Gasteiger partial charge in [0.15, 0.2) is 16.7 Å². The molecule has 1 aliphatic carbocycles. The molecule has 0 radical (unpaired) electrons. The van der Waals surface area contributed by atoms with Crippen LogP contribution >= 0.6 is 11.6 Å². The fourth-order valence-corrected chi connectivity index (χ4v) is 3.94. The Morgan fingerprint density at radius 1 is 1.10 bits per heavy atom. The summed E-state index contributed by atoms with van der Waals surface area (Å²) in [5, 5.41) is 0.399. The van der Waals surface area contributed by atoms with Crippen molar-refractivity contribution in [2.24, 2.45) is 5.41 Å². The highest BCUT2D eigenvalue weighted by atomic mass is 35.5. The van der Waals surface area contributed by atoms with E-state index in [9.17, 15) is 0 Å². The van der Waals surface area contributed by atoms with Crippen molar-refractivity contribution >= 4 is 17.4 Å². The lowest BCUT2D eigenvalue weighted by atomic mass is 9.68. The third kappa shape index (κ3) is 2.58. The molecule has 0 atom stereocenters. The van der Waals surface area contributed by atoms with Gasteiger partial charge in [-0.1, -0.05) is 30.9 Å². The molecule has 1 saturated carbocycles. The second-order valence-corrected chi connectivity index (χ2v) is 6.43. The van der Waals surface area contributed by atoms with E-state index in [2.05, 4.69) is 14.9 Å². The Bertz CT molecular complexity index is 464. The molecule has 3 rings (SSSR count). The van der Waals surface area contributed by atoms with E-state index in [4.69, 9.17) is 16.3 Å². The smallest absolute Gasteiger partial charge is 0.199 e. The molecule has 110 valence electrons. The highest BCUT2D eigenvalue weighted by Crippen LogP contribution is 2.46. The van der Waals surface area contributed by atoms with Crippen LogP contribution in [0.15, 0.2) is 6.33 Å². The van der Waals surface area contributed by atoms with Gasteiger partial charge in [0.25, 0.3) is 0 Å². The summed E-state index contributed by atoms with van der Waals surface area (Å²) in [6.45, 7) is 2.09. The SMILES string of the molecule is COc1c(Cl)ncnc1N1CCC2(CCCCC2)CC1. The van der Waals surface area contributed by atoms with Crippen LogP contribution in [-0.4, -0.2) is 30.2 Å². The maximum absolute atomic E-state index is 6.09. The zero-order valence-electron chi connectivity index (χ0n) is 12.1. The summed E-state index contributed by atoms with van der Waals surface area (Å²) in [7, 11) is 1.63. The predicted octanol–water partition coefficient (Wildman–Crippen LogP) is 3.69. The predicted molar refractivity (Wildman–Crippen MR) is 80.6 cm³/mol. The molecule has 2 aliphatic rings. The van der Waals surface area contributed by atoms with Crippen LogP contribution in [0.4, 0.5) is 5.82 Å². The summed E-state index contributed by atoms with van der Waals surface area (Å²) in [6, 6.07) is 0. The van der Waals surface area contributed by atoms with Gasteiger partial charge < -0.3 is 9.64 Å². The van der Waals surface area contributed by atoms with Gasteiger partial charge in [-0.15, -0.1) is 0 Å². The van der Waals surface area contributed by atoms with E-state index in [0.717, 1.165) is 18.9 Å². The van der Waals surface area contributed by atoms with Crippen LogP contribution in [0.1, 0.15) is 44.9 Å². The van der Waals surface area contributed by atoms with E-state index >= 15 is 0 Å². The molecule has 0 unspecified atom stereocenters. The van der Waals surface area contributed by atoms with Crippen LogP contribution in [0.2, 0.25) is 5.15 Å². The third-order valence-corrected chi connectivity index (χ3v) is 5.25. The lowest BCUT2D eigenvalue weighted by Crippen LogP contribution is -2.41. The largest absolute Gasteiger partial charge is 0.490 e. The van der Waals surface area contributed by atoms with E-state index in [1.165, 1.54) is 51.3 Å². The van der Waals surface area contributed by atoms with Crippen molar-refractivity contribution < 1.29 is 4.74 Å². The summed E-state index contributed by atoms with van der Waals surface area (Å²) in [5.74, 6) is 1.45. The average molecular weight is 296 g/mol. The van der Waals surface area contributed by atoms with E-state index in [0.29, 0.717) is 16.3 Å². The highest BCUT2D eigenvalue weighted by molar-refractivity contribution is 6.31. The monoisotopic (exact) mass is 295 g/mol. The molecule has 1 spiro atoms. The van der Waals surface area contributed by atoms with Crippen LogP contribution < -0.4 is 9.64 Å². The van der Waals surface area contributed by atoms with Gasteiger partial charge in [-0.25, -0.2) is 9.97 Å². The molecule has 1 aromatic rings. The van der Waals surface area contributed by atoms with Gasteiger partial charge in [0.05, 0.1) is 7.11 Å². The Balaban J connectivity index is 1.73. The first-order valence-electron chi connectivity index (χ1n) is 7.54. The van der Waals surface area contributed by atoms with Gasteiger partial charge in [-0.2, -0.15) is 0 Å². The quantitative estimate of drug-likeness (QED) is 0.780. The molecular formula is C15H22ClN3O. The number of methoxy groups -OCH3 is 1. The Kier molecular flexibility index (Phi) is 4.01. The van der Waals surface area contributed by atoms with E-state index in [1.807, 2.05) is 0 Å². The van der Waals surface area contributed by atoms with Gasteiger partial charge in [0.2, 0.25) is 0 Å². The number of hydrogen-bond acceptors (Lipinski definition) is 4. The fourth-order valence-electron chi connectivity index (χ4n) is 3.74. The summed E-state index contributed by atoms with van der Waals surface area (Å²) in [5.41, 5.74) is 0.596. The molecule has 5 heteroatoms. The lowest BCUT2D eigenvalue weighted by Gasteiger charge is -2.44. The van der Waals surface area contributed by atoms with Crippen molar-refractivity contribution in [2.75, 3.05) is 25.1 Å². The average Bonchev–Trinajstić information content (AvgIpc) is 2.49. The number of halogens is 1. The van der Waals surface area contributed by atoms with Crippen LogP contribution in [0.5, 0.6) is 5.75 Å². The standard InChI is InChI=1S/C15H22ClN3O/c1-20-12-13(16)17-11-18-14(12)19-9-7-15(8-10-19)5-3-2-4-6-15/h11H,2-10H2,1H3. The number of rotatable bonds is 2. The Hall–Kier alpha value is -1.03. The van der Waals surface area contributed by atoms with Crippen LogP contribution in [0.25, 0.3) is 0 Å². The van der Waals surface area contributed by atoms with E-state index < -0.39 is 0 Å². The van der Waals surface area contributed by atoms with Gasteiger partial charge >= 0.3 is 0 Å². The maximum Gasteiger partial charge on any atom is 0.199 e. The molecule has 1 aromatic heterocycles. The number of ether oxygens (including phenoxy) is 1. The Labute approximate surface area is 125 Å². The van der Waals surface area contributed by atoms with Gasteiger partial charge in [-0.05, 0) is 31.1 Å². The second-order valence-electron chi connectivity index (χ2n) is 6.07. The van der Waals surface area contributed by atoms with Crippen molar-refractivity contribution in [3.05, 3.63) is 11.5 Å². The molecule has 1 saturated heterocycles. The van der Waals surface area contributed by atoms with Crippen molar-refractivity contribution in [1.29, 1.82) is 0 Å². The molecule has 2 fully saturated rings. The molecule has 0 bridgehead atoms. The second kappa shape index (κ2) is 5.76. The first-order valence-corrected chi connectivity index (χ1v) is 7.91. The number of piperidine rings is 1. The van der Waals surface area contributed by atoms with Gasteiger partial charge in [0.1, 0.15) is 6.33 Å². The fraction of sp³-hybridized carbons (Fsp3) is 0.733. The molecule has 2 heterocycles. The summed E-state index contributed by atoms with van der Waals surface area (Å²) < 4.78 is 5.37. The third-order valence-electron chi connectivity index (χ3n) is 4.98. The van der Waals surface area contributed by atoms with Crippen molar-refractivity contribution in [1.82, 2.24) is 9.97 Å². The normalized spacial score (nSPS) is 22.0. The number of aromatic nitrogens is 2. The Morgan fingerprint density at radius 3 is 2.45 bits per heavy atom. The molecule has 0 amide bonds. The van der Waals surface area contributed by atoms with Crippen LogP contribution in [0, 0.1) is 5.41 Å². The Morgan fingerprint density at radius 2 is 1.80 bits per heavy atom. The molecule has 1 aliphatic heterocycles. The number of nitrogens with zero attached hydrogens (tertiary/aromatic N) is 3. The zero-order valence-corrected chi connectivity index (χ0v) is 12.8. The number of hydrogen-bond donors (Lipinski definition) is 0. The lowest BCUT2D eigenvalue weighted by molar-refractivity contribution is 0.144. The van der Waals surface area contributed by atoms with Crippen molar-refractivity contribution in [3.8, 4) is 5.75 Å². The first-order chi connectivity index (χ1) is 9.74. The molecule has 4 nitrogen and oxygen atoms in total. The van der Waals surface area contributed by atoms with Crippen molar-refractivity contribution in [3.63, 3.8) is 0 Å². The summed E-state index contributed by atoms with van der Waals surface area (Å²) in [4.78, 5) is 10.7. The highest BCUT2D eigenvalue weighted by Gasteiger charge is 2.36. The van der Waals surface area contributed by atoms with Crippen LogP contribution in [0.3, 0.4) is 0 Å².